The standard InChI is InChI=1S/C14H17N3O2/c1-2-5-15-14-9-11(16-17-14)10-3-4-12-13(8-10)19-7-6-18-12/h3-4,8-9H,2,5-7H2,1H3,(H2,15,16,17). The largest absolute Gasteiger partial charge is 0.486 e. The lowest BCUT2D eigenvalue weighted by atomic mass is 10.1. The zero-order chi connectivity index (χ0) is 13.1. The van der Waals surface area contributed by atoms with E-state index in [1.165, 1.54) is 0 Å². The Hall–Kier alpha value is -2.17. The Labute approximate surface area is 111 Å². The van der Waals surface area contributed by atoms with Crippen molar-refractivity contribution in [2.24, 2.45) is 0 Å². The fourth-order valence-electron chi connectivity index (χ4n) is 2.02. The highest BCUT2D eigenvalue weighted by Gasteiger charge is 2.13. The van der Waals surface area contributed by atoms with Gasteiger partial charge in [-0.2, -0.15) is 5.10 Å². The predicted octanol–water partition coefficient (Wildman–Crippen LogP) is 2.67. The molecule has 0 aliphatic carbocycles. The van der Waals surface area contributed by atoms with E-state index in [-0.39, 0.29) is 0 Å². The third-order valence-corrected chi connectivity index (χ3v) is 2.99. The molecule has 0 saturated heterocycles. The van der Waals surface area contributed by atoms with E-state index in [4.69, 9.17) is 9.47 Å². The molecule has 1 aliphatic rings. The molecule has 100 valence electrons. The van der Waals surface area contributed by atoms with Gasteiger partial charge in [0, 0.05) is 18.2 Å². The second-order valence-corrected chi connectivity index (χ2v) is 4.45. The van der Waals surface area contributed by atoms with Crippen LogP contribution in [0.5, 0.6) is 11.5 Å². The fourth-order valence-corrected chi connectivity index (χ4v) is 2.02. The molecule has 0 bridgehead atoms. The molecule has 5 nitrogen and oxygen atoms in total. The predicted molar refractivity (Wildman–Crippen MR) is 73.8 cm³/mol. The minimum Gasteiger partial charge on any atom is -0.486 e. The molecule has 5 heteroatoms. The van der Waals surface area contributed by atoms with E-state index in [0.717, 1.165) is 41.5 Å². The highest BCUT2D eigenvalue weighted by Crippen LogP contribution is 2.34. The summed E-state index contributed by atoms with van der Waals surface area (Å²) < 4.78 is 11.1. The third kappa shape index (κ3) is 2.50. The highest BCUT2D eigenvalue weighted by atomic mass is 16.6. The van der Waals surface area contributed by atoms with Crippen molar-refractivity contribution in [2.45, 2.75) is 13.3 Å². The van der Waals surface area contributed by atoms with Crippen LogP contribution in [0.1, 0.15) is 13.3 Å². The summed E-state index contributed by atoms with van der Waals surface area (Å²) in [5.41, 5.74) is 2.01. The molecule has 1 aromatic carbocycles. The molecule has 1 aliphatic heterocycles. The van der Waals surface area contributed by atoms with Gasteiger partial charge in [0.05, 0.1) is 5.69 Å². The quantitative estimate of drug-likeness (QED) is 0.886. The number of nitrogens with zero attached hydrogens (tertiary/aromatic N) is 1. The van der Waals surface area contributed by atoms with Gasteiger partial charge in [0.1, 0.15) is 19.0 Å². The monoisotopic (exact) mass is 259 g/mol. The molecule has 0 atom stereocenters. The molecule has 0 radical (unpaired) electrons. The lowest BCUT2D eigenvalue weighted by molar-refractivity contribution is 0.171. The maximum absolute atomic E-state index is 5.58. The van der Waals surface area contributed by atoms with Crippen molar-refractivity contribution in [3.63, 3.8) is 0 Å². The van der Waals surface area contributed by atoms with Gasteiger partial charge in [-0.1, -0.05) is 6.92 Å². The molecule has 3 rings (SSSR count). The first kappa shape index (κ1) is 11.9. The average molecular weight is 259 g/mol. The van der Waals surface area contributed by atoms with Gasteiger partial charge >= 0.3 is 0 Å². The Morgan fingerprint density at radius 1 is 1.21 bits per heavy atom. The van der Waals surface area contributed by atoms with Gasteiger partial charge in [-0.05, 0) is 24.6 Å². The molecule has 2 heterocycles. The number of fused-ring (bicyclic) bond motifs is 1. The van der Waals surface area contributed by atoms with Crippen LogP contribution in [0, 0.1) is 0 Å². The summed E-state index contributed by atoms with van der Waals surface area (Å²) in [5.74, 6) is 2.46. The van der Waals surface area contributed by atoms with Crippen molar-refractivity contribution in [1.82, 2.24) is 10.2 Å². The average Bonchev–Trinajstić information content (AvgIpc) is 2.93. The number of aromatic amines is 1. The maximum Gasteiger partial charge on any atom is 0.162 e. The molecule has 0 amide bonds. The number of nitrogens with one attached hydrogen (secondary N) is 2. The van der Waals surface area contributed by atoms with Crippen molar-refractivity contribution < 1.29 is 9.47 Å². The molecule has 2 N–H and O–H groups in total. The van der Waals surface area contributed by atoms with Gasteiger partial charge in [-0.3, -0.25) is 5.10 Å². The Balaban J connectivity index is 1.83. The van der Waals surface area contributed by atoms with E-state index in [0.29, 0.717) is 13.2 Å². The van der Waals surface area contributed by atoms with Crippen LogP contribution in [0.25, 0.3) is 11.3 Å². The Kier molecular flexibility index (Phi) is 3.27. The van der Waals surface area contributed by atoms with Crippen molar-refractivity contribution in [2.75, 3.05) is 25.1 Å². The van der Waals surface area contributed by atoms with Gasteiger partial charge in [-0.15, -0.1) is 0 Å². The number of benzene rings is 1. The second kappa shape index (κ2) is 5.22. The number of hydrogen-bond acceptors (Lipinski definition) is 4. The Morgan fingerprint density at radius 3 is 2.89 bits per heavy atom. The van der Waals surface area contributed by atoms with Gasteiger partial charge in [0.2, 0.25) is 0 Å². The smallest absolute Gasteiger partial charge is 0.162 e. The van der Waals surface area contributed by atoms with Gasteiger partial charge < -0.3 is 14.8 Å². The normalized spacial score (nSPS) is 13.3. The summed E-state index contributed by atoms with van der Waals surface area (Å²) in [6, 6.07) is 7.92. The molecule has 0 spiro atoms. The van der Waals surface area contributed by atoms with Crippen LogP contribution >= 0.6 is 0 Å². The zero-order valence-electron chi connectivity index (χ0n) is 10.9. The summed E-state index contributed by atoms with van der Waals surface area (Å²) in [6.07, 6.45) is 1.08. The molecule has 1 aromatic heterocycles. The van der Waals surface area contributed by atoms with Gasteiger partial charge in [-0.25, -0.2) is 0 Å². The molecule has 2 aromatic rings. The highest BCUT2D eigenvalue weighted by molar-refractivity contribution is 5.66. The lowest BCUT2D eigenvalue weighted by Gasteiger charge is -2.18. The zero-order valence-corrected chi connectivity index (χ0v) is 10.9. The SMILES string of the molecule is CCCNc1cc(-c2ccc3c(c2)OCCO3)[nH]n1. The molecule has 0 fully saturated rings. The van der Waals surface area contributed by atoms with E-state index in [9.17, 15) is 0 Å². The Morgan fingerprint density at radius 2 is 2.05 bits per heavy atom. The number of ether oxygens (including phenoxy) is 2. The van der Waals surface area contributed by atoms with Crippen molar-refractivity contribution in [3.05, 3.63) is 24.3 Å². The van der Waals surface area contributed by atoms with Gasteiger partial charge in [0.25, 0.3) is 0 Å². The first-order valence-corrected chi connectivity index (χ1v) is 6.56. The van der Waals surface area contributed by atoms with Crippen LogP contribution in [0.3, 0.4) is 0 Å². The van der Waals surface area contributed by atoms with Crippen LogP contribution in [0.15, 0.2) is 24.3 Å². The molecular formula is C14H17N3O2. The molecule has 0 saturated carbocycles. The molecule has 0 unspecified atom stereocenters. The number of rotatable bonds is 4. The van der Waals surface area contributed by atoms with E-state index in [1.807, 2.05) is 24.3 Å². The number of aromatic nitrogens is 2. The van der Waals surface area contributed by atoms with E-state index < -0.39 is 0 Å². The second-order valence-electron chi connectivity index (χ2n) is 4.45. The van der Waals surface area contributed by atoms with Crippen molar-refractivity contribution in [3.8, 4) is 22.8 Å². The van der Waals surface area contributed by atoms with Crippen LogP contribution in [-0.4, -0.2) is 30.0 Å². The minimum atomic E-state index is 0.600. The summed E-state index contributed by atoms with van der Waals surface area (Å²) in [6.45, 7) is 4.26. The summed E-state index contributed by atoms with van der Waals surface area (Å²) in [7, 11) is 0. The first-order chi connectivity index (χ1) is 9.36. The summed E-state index contributed by atoms with van der Waals surface area (Å²) >= 11 is 0. The minimum absolute atomic E-state index is 0.600. The molecular weight excluding hydrogens is 242 g/mol. The topological polar surface area (TPSA) is 59.2 Å². The third-order valence-electron chi connectivity index (χ3n) is 2.99. The number of anilines is 1. The van der Waals surface area contributed by atoms with Crippen LogP contribution in [0.2, 0.25) is 0 Å². The van der Waals surface area contributed by atoms with E-state index in [2.05, 4.69) is 22.4 Å². The summed E-state index contributed by atoms with van der Waals surface area (Å²) in [4.78, 5) is 0. The molecule has 19 heavy (non-hydrogen) atoms. The van der Waals surface area contributed by atoms with E-state index >= 15 is 0 Å². The summed E-state index contributed by atoms with van der Waals surface area (Å²) in [5, 5.41) is 10.5. The van der Waals surface area contributed by atoms with E-state index in [1.54, 1.807) is 0 Å². The number of H-pyrrole nitrogens is 1. The first-order valence-electron chi connectivity index (χ1n) is 6.56. The van der Waals surface area contributed by atoms with Crippen LogP contribution < -0.4 is 14.8 Å². The Bertz CT molecular complexity index is 566. The van der Waals surface area contributed by atoms with Crippen LogP contribution in [-0.2, 0) is 0 Å². The van der Waals surface area contributed by atoms with Crippen molar-refractivity contribution >= 4 is 5.82 Å². The maximum atomic E-state index is 5.58. The van der Waals surface area contributed by atoms with Crippen molar-refractivity contribution in [1.29, 1.82) is 0 Å². The lowest BCUT2D eigenvalue weighted by Crippen LogP contribution is -2.15. The fraction of sp³-hybridized carbons (Fsp3) is 0.357. The number of hydrogen-bond donors (Lipinski definition) is 2. The van der Waals surface area contributed by atoms with Gasteiger partial charge in [0.15, 0.2) is 11.5 Å². The van der Waals surface area contributed by atoms with Crippen LogP contribution in [0.4, 0.5) is 5.82 Å².